The lowest BCUT2D eigenvalue weighted by Crippen LogP contribution is -2.57. The Morgan fingerprint density at radius 1 is 1.00 bits per heavy atom. The van der Waals surface area contributed by atoms with Crippen LogP contribution in [0.5, 0.6) is 5.75 Å². The SMILES string of the molecule is O=C(NCc1c(F)cc(F)cc1F)c1cn2c(c(O)c1=O)C(=O)N1[C@H]3CC[C@H](C3)O[C@@H]1C2.O=C(O)CC(O)(CC(=O)O)C(=O)O. The largest absolute Gasteiger partial charge is 0.503 e. The first-order chi connectivity index (χ1) is 21.0. The van der Waals surface area contributed by atoms with Gasteiger partial charge >= 0.3 is 17.9 Å². The van der Waals surface area contributed by atoms with E-state index in [9.17, 15) is 47.0 Å². The first-order valence-electron chi connectivity index (χ1n) is 13.3. The third kappa shape index (κ3) is 6.75. The molecule has 1 aromatic carbocycles. The molecule has 3 heterocycles. The van der Waals surface area contributed by atoms with Crippen LogP contribution < -0.4 is 10.7 Å². The Kier molecular flexibility index (Phi) is 9.19. The number of aromatic hydroxyl groups is 1. The van der Waals surface area contributed by atoms with Crippen molar-refractivity contribution in [2.45, 2.75) is 69.2 Å². The number of aliphatic hydroxyl groups is 1. The number of halogens is 3. The Hall–Kier alpha value is -4.97. The van der Waals surface area contributed by atoms with Crippen LogP contribution in [0.4, 0.5) is 13.2 Å². The number of carbonyl (C=O) groups excluding carboxylic acids is 2. The van der Waals surface area contributed by atoms with E-state index in [2.05, 4.69) is 5.32 Å². The Morgan fingerprint density at radius 2 is 1.60 bits per heavy atom. The first kappa shape index (κ1) is 32.9. The average Bonchev–Trinajstić information content (AvgIpc) is 3.29. The van der Waals surface area contributed by atoms with Gasteiger partial charge in [-0.25, -0.2) is 18.0 Å². The molecular formula is C27H26F3N3O12. The van der Waals surface area contributed by atoms with E-state index in [1.165, 1.54) is 9.47 Å². The van der Waals surface area contributed by atoms with Crippen molar-refractivity contribution in [3.05, 3.63) is 62.8 Å². The molecule has 5 rings (SSSR count). The lowest BCUT2D eigenvalue weighted by Gasteiger charge is -2.44. The number of ether oxygens (including phenoxy) is 1. The van der Waals surface area contributed by atoms with Gasteiger partial charge in [-0.3, -0.25) is 24.0 Å². The fourth-order valence-electron chi connectivity index (χ4n) is 5.43. The molecule has 2 bridgehead atoms. The summed E-state index contributed by atoms with van der Waals surface area (Å²) < 4.78 is 47.9. The maximum absolute atomic E-state index is 13.8. The molecule has 0 unspecified atom stereocenters. The van der Waals surface area contributed by atoms with Gasteiger partial charge in [0.15, 0.2) is 23.3 Å². The smallest absolute Gasteiger partial charge is 0.336 e. The van der Waals surface area contributed by atoms with Crippen LogP contribution in [-0.4, -0.2) is 88.7 Å². The van der Waals surface area contributed by atoms with Crippen LogP contribution in [0.1, 0.15) is 58.5 Å². The number of carboxylic acid groups (broad SMARTS) is 3. The number of carboxylic acids is 3. The summed E-state index contributed by atoms with van der Waals surface area (Å²) in [5.41, 5.74) is -5.14. The van der Waals surface area contributed by atoms with Crippen LogP contribution in [-0.2, 0) is 32.2 Å². The van der Waals surface area contributed by atoms with Crippen molar-refractivity contribution in [1.29, 1.82) is 0 Å². The fraction of sp³-hybridized carbons (Fsp3) is 0.407. The van der Waals surface area contributed by atoms with Gasteiger partial charge in [0.25, 0.3) is 11.8 Å². The zero-order valence-electron chi connectivity index (χ0n) is 23.0. The second-order valence-corrected chi connectivity index (χ2v) is 10.6. The highest BCUT2D eigenvalue weighted by Gasteiger charge is 2.47. The van der Waals surface area contributed by atoms with Gasteiger partial charge in [0.1, 0.15) is 23.0 Å². The summed E-state index contributed by atoms with van der Waals surface area (Å²) in [6.07, 6.45) is 0.574. The molecule has 18 heteroatoms. The summed E-state index contributed by atoms with van der Waals surface area (Å²) in [6.45, 7) is -0.538. The number of pyridine rings is 1. The van der Waals surface area contributed by atoms with Crippen LogP contribution in [0.15, 0.2) is 23.1 Å². The molecule has 0 spiro atoms. The molecule has 0 radical (unpaired) electrons. The zero-order chi connectivity index (χ0) is 33.4. The number of nitrogens with one attached hydrogen (secondary N) is 1. The van der Waals surface area contributed by atoms with Gasteiger partial charge in [-0.1, -0.05) is 0 Å². The van der Waals surface area contributed by atoms with E-state index >= 15 is 0 Å². The Bertz CT molecular complexity index is 1610. The number of benzene rings is 1. The Morgan fingerprint density at radius 3 is 2.16 bits per heavy atom. The van der Waals surface area contributed by atoms with Gasteiger partial charge < -0.3 is 45.1 Å². The molecule has 242 valence electrons. The second kappa shape index (κ2) is 12.6. The van der Waals surface area contributed by atoms with Crippen LogP contribution in [0.3, 0.4) is 0 Å². The van der Waals surface area contributed by atoms with Crippen LogP contribution in [0.2, 0.25) is 0 Å². The van der Waals surface area contributed by atoms with Crippen molar-refractivity contribution in [2.24, 2.45) is 0 Å². The molecule has 2 aliphatic heterocycles. The normalized spacial score (nSPS) is 20.0. The van der Waals surface area contributed by atoms with Gasteiger partial charge in [-0.15, -0.1) is 0 Å². The molecule has 2 aromatic rings. The molecular weight excluding hydrogens is 615 g/mol. The highest BCUT2D eigenvalue weighted by Crippen LogP contribution is 2.38. The number of hydrogen-bond acceptors (Lipinski definition) is 9. The Balaban J connectivity index is 0.000000302. The van der Waals surface area contributed by atoms with E-state index < -0.39 is 101 Å². The molecule has 1 aromatic heterocycles. The van der Waals surface area contributed by atoms with Crippen molar-refractivity contribution in [1.82, 2.24) is 14.8 Å². The third-order valence-corrected chi connectivity index (χ3v) is 7.52. The third-order valence-electron chi connectivity index (χ3n) is 7.52. The number of aliphatic carboxylic acids is 3. The highest BCUT2D eigenvalue weighted by molar-refractivity contribution is 5.99. The van der Waals surface area contributed by atoms with Gasteiger partial charge in [0, 0.05) is 36.5 Å². The van der Waals surface area contributed by atoms with E-state index in [1.807, 2.05) is 0 Å². The molecule has 1 saturated carbocycles. The van der Waals surface area contributed by atoms with Crippen LogP contribution in [0, 0.1) is 17.5 Å². The second-order valence-electron chi connectivity index (χ2n) is 10.6. The summed E-state index contributed by atoms with van der Waals surface area (Å²) in [6, 6.07) is 0.912. The van der Waals surface area contributed by atoms with E-state index in [0.29, 0.717) is 18.6 Å². The highest BCUT2D eigenvalue weighted by atomic mass is 19.1. The zero-order valence-corrected chi connectivity index (χ0v) is 23.0. The number of amides is 2. The predicted octanol–water partition coefficient (Wildman–Crippen LogP) is 0.386. The molecule has 1 aliphatic carbocycles. The number of nitrogens with zero attached hydrogens (tertiary/aromatic N) is 2. The molecule has 2 fully saturated rings. The summed E-state index contributed by atoms with van der Waals surface area (Å²) >= 11 is 0. The summed E-state index contributed by atoms with van der Waals surface area (Å²) in [7, 11) is 0. The molecule has 3 atom stereocenters. The number of carbonyl (C=O) groups is 5. The average molecular weight is 642 g/mol. The molecule has 1 saturated heterocycles. The van der Waals surface area contributed by atoms with E-state index in [-0.39, 0.29) is 24.4 Å². The van der Waals surface area contributed by atoms with Crippen molar-refractivity contribution >= 4 is 29.7 Å². The minimum Gasteiger partial charge on any atom is -0.503 e. The fourth-order valence-corrected chi connectivity index (χ4v) is 5.43. The maximum atomic E-state index is 13.8. The van der Waals surface area contributed by atoms with Gasteiger partial charge in [0.2, 0.25) is 5.43 Å². The topological polar surface area (TPSA) is 233 Å². The van der Waals surface area contributed by atoms with Gasteiger partial charge in [-0.05, 0) is 19.3 Å². The minimum atomic E-state index is -2.74. The molecule has 15 nitrogen and oxygen atoms in total. The summed E-state index contributed by atoms with van der Waals surface area (Å²) in [5.74, 6) is -10.9. The lowest BCUT2D eigenvalue weighted by molar-refractivity contribution is -0.170. The molecule has 45 heavy (non-hydrogen) atoms. The summed E-state index contributed by atoms with van der Waals surface area (Å²) in [4.78, 5) is 70.2. The summed E-state index contributed by atoms with van der Waals surface area (Å²) in [5, 5.41) is 46.4. The standard InChI is InChI=1S/C21H18F3N3O5.C6H8O7/c22-9-3-14(23)12(15(24)4-9)6-25-20(30)13-7-26-8-16-27(10-1-2-11(5-10)32-16)21(31)17(26)19(29)18(13)28;7-3(8)1-6(13,5(11)12)2-4(9)10/h3-4,7,10-11,16,29H,1-2,5-6,8H2,(H,25,30);13H,1-2H2,(H,7,8)(H,9,10)(H,11,12)/t10-,11+,16+;/m0./s1. The van der Waals surface area contributed by atoms with Crippen LogP contribution in [0.25, 0.3) is 0 Å². The van der Waals surface area contributed by atoms with Crippen molar-refractivity contribution in [3.63, 3.8) is 0 Å². The molecule has 6 N–H and O–H groups in total. The molecule has 2 amide bonds. The molecule has 3 aliphatic rings. The van der Waals surface area contributed by atoms with Gasteiger partial charge in [-0.2, -0.15) is 0 Å². The van der Waals surface area contributed by atoms with E-state index in [4.69, 9.17) is 25.2 Å². The van der Waals surface area contributed by atoms with E-state index in [1.54, 1.807) is 0 Å². The number of aromatic nitrogens is 1. The monoisotopic (exact) mass is 641 g/mol. The maximum Gasteiger partial charge on any atom is 0.336 e. The number of fused-ring (bicyclic) bond motifs is 5. The number of rotatable bonds is 8. The Labute approximate surface area is 250 Å². The lowest BCUT2D eigenvalue weighted by atomic mass is 9.96. The van der Waals surface area contributed by atoms with Crippen molar-refractivity contribution in [3.8, 4) is 5.75 Å². The van der Waals surface area contributed by atoms with Crippen LogP contribution >= 0.6 is 0 Å². The van der Waals surface area contributed by atoms with Gasteiger partial charge in [0.05, 0.1) is 25.5 Å². The van der Waals surface area contributed by atoms with Crippen molar-refractivity contribution < 1.29 is 67.4 Å². The van der Waals surface area contributed by atoms with Crippen molar-refractivity contribution in [2.75, 3.05) is 0 Å². The predicted molar refractivity (Wildman–Crippen MR) is 139 cm³/mol. The van der Waals surface area contributed by atoms with E-state index in [0.717, 1.165) is 19.0 Å². The minimum absolute atomic E-state index is 0.0296. The first-order valence-corrected chi connectivity index (χ1v) is 13.3. The number of hydrogen-bond donors (Lipinski definition) is 6. The quantitative estimate of drug-likeness (QED) is 0.230.